The number of benzene rings is 1. The Morgan fingerprint density at radius 3 is 2.62 bits per heavy atom. The highest BCUT2D eigenvalue weighted by molar-refractivity contribution is 5.93. The molecule has 1 aromatic carbocycles. The molecule has 0 bridgehead atoms. The van der Waals surface area contributed by atoms with Crippen LogP contribution < -0.4 is 5.32 Å². The predicted octanol–water partition coefficient (Wildman–Crippen LogP) is 1.68. The fourth-order valence-electron chi connectivity index (χ4n) is 1.82. The lowest BCUT2D eigenvalue weighted by molar-refractivity contribution is -0.137. The quantitative estimate of drug-likeness (QED) is 0.796. The number of rotatable bonds is 7. The van der Waals surface area contributed by atoms with Gasteiger partial charge in [0.1, 0.15) is 6.07 Å². The van der Waals surface area contributed by atoms with Gasteiger partial charge in [0.15, 0.2) is 0 Å². The molecule has 0 aliphatic heterocycles. The number of carbonyl (C=O) groups is 2. The van der Waals surface area contributed by atoms with Gasteiger partial charge < -0.3 is 10.4 Å². The van der Waals surface area contributed by atoms with Gasteiger partial charge in [-0.05, 0) is 26.0 Å². The molecule has 6 heteroatoms. The predicted molar refractivity (Wildman–Crippen MR) is 78.7 cm³/mol. The number of aliphatic carboxylic acids is 1. The van der Waals surface area contributed by atoms with Gasteiger partial charge in [0, 0.05) is 12.6 Å². The van der Waals surface area contributed by atoms with Crippen molar-refractivity contribution < 1.29 is 14.7 Å². The van der Waals surface area contributed by atoms with Crippen LogP contribution in [0.5, 0.6) is 0 Å². The molecule has 0 atom stereocenters. The second kappa shape index (κ2) is 8.02. The summed E-state index contributed by atoms with van der Waals surface area (Å²) in [7, 11) is 0. The molecule has 0 aliphatic rings. The third-order valence-electron chi connectivity index (χ3n) is 3.01. The molecule has 0 aromatic heterocycles. The molecule has 0 saturated carbocycles. The molecule has 0 unspecified atom stereocenters. The molecule has 6 nitrogen and oxygen atoms in total. The van der Waals surface area contributed by atoms with Crippen LogP contribution in [0.3, 0.4) is 0 Å². The highest BCUT2D eigenvalue weighted by atomic mass is 16.4. The van der Waals surface area contributed by atoms with Crippen LogP contribution >= 0.6 is 0 Å². The number of carboxylic acid groups (broad SMARTS) is 1. The molecule has 0 fully saturated rings. The number of amides is 1. The number of nitrogens with one attached hydrogen (secondary N) is 1. The second-order valence-corrected chi connectivity index (χ2v) is 4.91. The number of anilines is 1. The van der Waals surface area contributed by atoms with E-state index in [1.54, 1.807) is 29.2 Å². The van der Waals surface area contributed by atoms with Gasteiger partial charge >= 0.3 is 5.97 Å². The van der Waals surface area contributed by atoms with Gasteiger partial charge in [0.05, 0.1) is 24.2 Å². The Balaban J connectivity index is 2.66. The van der Waals surface area contributed by atoms with Crippen molar-refractivity contribution >= 4 is 17.6 Å². The highest BCUT2D eigenvalue weighted by Gasteiger charge is 2.16. The van der Waals surface area contributed by atoms with Crippen LogP contribution in [0, 0.1) is 11.3 Å². The van der Waals surface area contributed by atoms with Crippen LogP contribution in [-0.4, -0.2) is 41.0 Å². The molecule has 0 saturated heterocycles. The first-order valence-corrected chi connectivity index (χ1v) is 6.69. The molecule has 1 aromatic rings. The Morgan fingerprint density at radius 1 is 1.38 bits per heavy atom. The molecule has 21 heavy (non-hydrogen) atoms. The Hall–Kier alpha value is -2.39. The minimum Gasteiger partial charge on any atom is -0.481 e. The number of hydrogen-bond acceptors (Lipinski definition) is 4. The maximum atomic E-state index is 12.0. The maximum Gasteiger partial charge on any atom is 0.304 e. The number of nitrogens with zero attached hydrogens (tertiary/aromatic N) is 2. The zero-order valence-electron chi connectivity index (χ0n) is 12.2. The normalized spacial score (nSPS) is 10.4. The number of carbonyl (C=O) groups excluding carboxylic acids is 1. The van der Waals surface area contributed by atoms with Crippen LogP contribution in [0.25, 0.3) is 0 Å². The topological polar surface area (TPSA) is 93.4 Å². The highest BCUT2D eigenvalue weighted by Crippen LogP contribution is 2.13. The third-order valence-corrected chi connectivity index (χ3v) is 3.01. The summed E-state index contributed by atoms with van der Waals surface area (Å²) >= 11 is 0. The fourth-order valence-corrected chi connectivity index (χ4v) is 1.82. The summed E-state index contributed by atoms with van der Waals surface area (Å²) < 4.78 is 0. The first-order chi connectivity index (χ1) is 9.93. The molecule has 0 aliphatic carbocycles. The number of para-hydroxylation sites is 1. The minimum absolute atomic E-state index is 0.0136. The summed E-state index contributed by atoms with van der Waals surface area (Å²) in [4.78, 5) is 24.4. The molecular formula is C15H19N3O3. The van der Waals surface area contributed by atoms with Gasteiger partial charge in [-0.1, -0.05) is 12.1 Å². The third kappa shape index (κ3) is 5.63. The van der Waals surface area contributed by atoms with Crippen molar-refractivity contribution in [1.29, 1.82) is 5.26 Å². The molecule has 1 rings (SSSR count). The summed E-state index contributed by atoms with van der Waals surface area (Å²) in [5.74, 6) is -1.16. The van der Waals surface area contributed by atoms with Gasteiger partial charge in [-0.15, -0.1) is 0 Å². The van der Waals surface area contributed by atoms with E-state index in [2.05, 4.69) is 5.32 Å². The van der Waals surface area contributed by atoms with E-state index in [1.165, 1.54) is 0 Å². The average molecular weight is 289 g/mol. The van der Waals surface area contributed by atoms with E-state index in [0.29, 0.717) is 17.8 Å². The molecule has 0 radical (unpaired) electrons. The number of hydrogen-bond donors (Lipinski definition) is 2. The van der Waals surface area contributed by atoms with Gasteiger partial charge in [0.25, 0.3) is 0 Å². The van der Waals surface area contributed by atoms with Crippen LogP contribution in [0.4, 0.5) is 5.69 Å². The zero-order valence-corrected chi connectivity index (χ0v) is 12.2. The van der Waals surface area contributed by atoms with Crippen molar-refractivity contribution in [3.63, 3.8) is 0 Å². The Labute approximate surface area is 124 Å². The van der Waals surface area contributed by atoms with E-state index in [0.717, 1.165) is 0 Å². The van der Waals surface area contributed by atoms with Crippen molar-refractivity contribution in [1.82, 2.24) is 4.90 Å². The van der Waals surface area contributed by atoms with Crippen LogP contribution in [0.15, 0.2) is 24.3 Å². The SMILES string of the molecule is CC(C)N(CCC(=O)O)CC(=O)Nc1ccccc1C#N. The summed E-state index contributed by atoms with van der Waals surface area (Å²) in [6.07, 6.45) is -0.0136. The van der Waals surface area contributed by atoms with Crippen molar-refractivity contribution in [2.24, 2.45) is 0 Å². The van der Waals surface area contributed by atoms with E-state index in [1.807, 2.05) is 19.9 Å². The number of nitriles is 1. The van der Waals surface area contributed by atoms with E-state index < -0.39 is 5.97 Å². The largest absolute Gasteiger partial charge is 0.481 e. The average Bonchev–Trinajstić information content (AvgIpc) is 2.43. The molecule has 112 valence electrons. The lowest BCUT2D eigenvalue weighted by Gasteiger charge is -2.25. The molecule has 0 heterocycles. The smallest absolute Gasteiger partial charge is 0.304 e. The van der Waals surface area contributed by atoms with Crippen LogP contribution in [0.2, 0.25) is 0 Å². The van der Waals surface area contributed by atoms with Crippen LogP contribution in [0.1, 0.15) is 25.8 Å². The Kier molecular flexibility index (Phi) is 6.37. The molecular weight excluding hydrogens is 270 g/mol. The maximum absolute atomic E-state index is 12.0. The molecule has 2 N–H and O–H groups in total. The van der Waals surface area contributed by atoms with E-state index in [-0.39, 0.29) is 24.9 Å². The van der Waals surface area contributed by atoms with Crippen molar-refractivity contribution in [3.8, 4) is 6.07 Å². The van der Waals surface area contributed by atoms with Crippen molar-refractivity contribution in [2.45, 2.75) is 26.3 Å². The summed E-state index contributed by atoms with van der Waals surface area (Å²) in [6, 6.07) is 8.81. The summed E-state index contributed by atoms with van der Waals surface area (Å²) in [5, 5.41) is 20.4. The standard InChI is InChI=1S/C15H19N3O3/c1-11(2)18(8-7-15(20)21)10-14(19)17-13-6-4-3-5-12(13)9-16/h3-6,11H,7-8,10H2,1-2H3,(H,17,19)(H,20,21). The number of carboxylic acids is 1. The monoisotopic (exact) mass is 289 g/mol. The van der Waals surface area contributed by atoms with Gasteiger partial charge in [-0.3, -0.25) is 14.5 Å². The lowest BCUT2D eigenvalue weighted by Crippen LogP contribution is -2.39. The Morgan fingerprint density at radius 2 is 2.05 bits per heavy atom. The second-order valence-electron chi connectivity index (χ2n) is 4.91. The fraction of sp³-hybridized carbons (Fsp3) is 0.400. The van der Waals surface area contributed by atoms with E-state index >= 15 is 0 Å². The summed E-state index contributed by atoms with van der Waals surface area (Å²) in [5.41, 5.74) is 0.861. The van der Waals surface area contributed by atoms with Gasteiger partial charge in [-0.25, -0.2) is 0 Å². The van der Waals surface area contributed by atoms with Gasteiger partial charge in [-0.2, -0.15) is 5.26 Å². The van der Waals surface area contributed by atoms with Crippen molar-refractivity contribution in [3.05, 3.63) is 29.8 Å². The lowest BCUT2D eigenvalue weighted by atomic mass is 10.2. The molecule has 1 amide bonds. The Bertz CT molecular complexity index is 549. The first kappa shape index (κ1) is 16.7. The van der Waals surface area contributed by atoms with Crippen LogP contribution in [-0.2, 0) is 9.59 Å². The summed E-state index contributed by atoms with van der Waals surface area (Å²) in [6.45, 7) is 4.20. The zero-order chi connectivity index (χ0) is 15.8. The van der Waals surface area contributed by atoms with E-state index in [9.17, 15) is 9.59 Å². The van der Waals surface area contributed by atoms with E-state index in [4.69, 9.17) is 10.4 Å². The minimum atomic E-state index is -0.893. The molecule has 0 spiro atoms. The first-order valence-electron chi connectivity index (χ1n) is 6.69. The van der Waals surface area contributed by atoms with Gasteiger partial charge in [0.2, 0.25) is 5.91 Å². The van der Waals surface area contributed by atoms with Crippen molar-refractivity contribution in [2.75, 3.05) is 18.4 Å².